The average molecular weight is 279 g/mol. The lowest BCUT2D eigenvalue weighted by Gasteiger charge is -2.28. The number of hydrogen-bond donors (Lipinski definition) is 0. The minimum atomic E-state index is 0.167. The predicted octanol–water partition coefficient (Wildman–Crippen LogP) is 3.21. The van der Waals surface area contributed by atoms with Crippen molar-refractivity contribution in [3.63, 3.8) is 0 Å². The topological polar surface area (TPSA) is 29.5 Å². The van der Waals surface area contributed by atoms with Gasteiger partial charge < -0.3 is 9.64 Å². The highest BCUT2D eigenvalue weighted by atomic mass is 16.5. The van der Waals surface area contributed by atoms with Gasteiger partial charge in [-0.25, -0.2) is 0 Å². The molecule has 2 atom stereocenters. The van der Waals surface area contributed by atoms with E-state index in [0.717, 1.165) is 23.3 Å². The van der Waals surface area contributed by atoms with E-state index in [2.05, 4.69) is 6.07 Å². The Morgan fingerprint density at radius 3 is 2.67 bits per heavy atom. The first-order chi connectivity index (χ1) is 10.3. The third-order valence-corrected chi connectivity index (χ3v) is 4.52. The van der Waals surface area contributed by atoms with Crippen LogP contribution in [-0.4, -0.2) is 24.0 Å². The van der Waals surface area contributed by atoms with Gasteiger partial charge in [-0.1, -0.05) is 30.3 Å². The zero-order valence-corrected chi connectivity index (χ0v) is 12.0. The van der Waals surface area contributed by atoms with Crippen molar-refractivity contribution < 1.29 is 9.53 Å². The highest BCUT2D eigenvalue weighted by Crippen LogP contribution is 2.50. The van der Waals surface area contributed by atoms with E-state index in [1.54, 1.807) is 7.11 Å². The summed E-state index contributed by atoms with van der Waals surface area (Å²) in [5, 5.41) is 0. The number of rotatable bonds is 3. The van der Waals surface area contributed by atoms with E-state index in [9.17, 15) is 4.79 Å². The van der Waals surface area contributed by atoms with Crippen LogP contribution in [0.5, 0.6) is 5.75 Å². The first kappa shape index (κ1) is 12.5. The Balaban J connectivity index is 1.61. The lowest BCUT2D eigenvalue weighted by atomic mass is 9.98. The Bertz CT molecular complexity index is 693. The van der Waals surface area contributed by atoms with Crippen LogP contribution in [-0.2, 0) is 6.54 Å². The first-order valence-electron chi connectivity index (χ1n) is 7.31. The van der Waals surface area contributed by atoms with Gasteiger partial charge in [-0.2, -0.15) is 0 Å². The van der Waals surface area contributed by atoms with Crippen molar-refractivity contribution in [2.75, 3.05) is 7.11 Å². The largest absolute Gasteiger partial charge is 0.497 e. The van der Waals surface area contributed by atoms with Crippen molar-refractivity contribution in [1.82, 2.24) is 4.90 Å². The van der Waals surface area contributed by atoms with Gasteiger partial charge in [0.2, 0.25) is 0 Å². The second-order valence-electron chi connectivity index (χ2n) is 5.78. The van der Waals surface area contributed by atoms with Crippen molar-refractivity contribution in [2.24, 2.45) is 0 Å². The van der Waals surface area contributed by atoms with E-state index in [0.29, 0.717) is 18.5 Å². The quantitative estimate of drug-likeness (QED) is 0.863. The molecule has 1 amide bonds. The van der Waals surface area contributed by atoms with Crippen LogP contribution in [0, 0.1) is 0 Å². The summed E-state index contributed by atoms with van der Waals surface area (Å²) >= 11 is 0. The smallest absolute Gasteiger partial charge is 0.254 e. The van der Waals surface area contributed by atoms with Gasteiger partial charge in [-0.3, -0.25) is 4.79 Å². The average Bonchev–Trinajstić information content (AvgIpc) is 3.33. The number of ether oxygens (including phenoxy) is 1. The van der Waals surface area contributed by atoms with Crippen LogP contribution < -0.4 is 4.74 Å². The van der Waals surface area contributed by atoms with Gasteiger partial charge in [0.1, 0.15) is 5.75 Å². The Labute approximate surface area is 124 Å². The second kappa shape index (κ2) is 4.62. The Hall–Kier alpha value is -2.29. The van der Waals surface area contributed by atoms with E-state index < -0.39 is 0 Å². The maximum atomic E-state index is 12.7. The first-order valence-corrected chi connectivity index (χ1v) is 7.31. The monoisotopic (exact) mass is 279 g/mol. The molecule has 106 valence electrons. The van der Waals surface area contributed by atoms with Gasteiger partial charge in [-0.05, 0) is 35.7 Å². The molecule has 2 aromatic rings. The normalized spacial score (nSPS) is 22.5. The fourth-order valence-electron chi connectivity index (χ4n) is 3.30. The number of amides is 1. The lowest BCUT2D eigenvalue weighted by Crippen LogP contribution is -2.36. The zero-order chi connectivity index (χ0) is 14.4. The van der Waals surface area contributed by atoms with E-state index >= 15 is 0 Å². The van der Waals surface area contributed by atoms with Gasteiger partial charge in [0, 0.05) is 24.1 Å². The molecule has 3 nitrogen and oxygen atoms in total. The fraction of sp³-hybridized carbons (Fsp3) is 0.278. The molecular formula is C18H17NO2. The molecule has 0 spiro atoms. The number of carbonyl (C=O) groups is 1. The third kappa shape index (κ3) is 2.00. The maximum Gasteiger partial charge on any atom is 0.254 e. The number of benzene rings is 2. The second-order valence-corrected chi connectivity index (χ2v) is 5.78. The summed E-state index contributed by atoms with van der Waals surface area (Å²) in [5.74, 6) is 1.55. The summed E-state index contributed by atoms with van der Waals surface area (Å²) in [6.45, 7) is 0.679. The number of carbonyl (C=O) groups excluding carboxylic acids is 1. The van der Waals surface area contributed by atoms with Gasteiger partial charge >= 0.3 is 0 Å². The highest BCUT2D eigenvalue weighted by molar-refractivity contribution is 5.98. The molecule has 1 aliphatic carbocycles. The number of hydrogen-bond acceptors (Lipinski definition) is 2. The minimum absolute atomic E-state index is 0.167. The molecule has 0 unspecified atom stereocenters. The van der Waals surface area contributed by atoms with E-state index in [1.165, 1.54) is 5.56 Å². The Morgan fingerprint density at radius 1 is 1.14 bits per heavy atom. The standard InChI is InChI=1S/C18H17NO2/c1-21-13-8-6-12(7-9-13)11-19-17-10-16(17)14-4-2-3-5-15(14)18(19)20/h2-9,16-17H,10-11H2,1H3/t16-,17-/m1/s1. The molecule has 21 heavy (non-hydrogen) atoms. The van der Waals surface area contributed by atoms with E-state index in [-0.39, 0.29) is 5.91 Å². The summed E-state index contributed by atoms with van der Waals surface area (Å²) < 4.78 is 5.18. The molecule has 0 N–H and O–H groups in total. The van der Waals surface area contributed by atoms with Crippen molar-refractivity contribution in [1.29, 1.82) is 0 Å². The highest BCUT2D eigenvalue weighted by Gasteiger charge is 2.50. The maximum absolute atomic E-state index is 12.7. The Kier molecular flexibility index (Phi) is 2.74. The molecule has 1 saturated carbocycles. The van der Waals surface area contributed by atoms with Crippen molar-refractivity contribution >= 4 is 5.91 Å². The molecular weight excluding hydrogens is 262 g/mol. The predicted molar refractivity (Wildman–Crippen MR) is 80.5 cm³/mol. The molecule has 1 heterocycles. The molecule has 1 aliphatic heterocycles. The van der Waals surface area contributed by atoms with Crippen LogP contribution in [0.25, 0.3) is 0 Å². The van der Waals surface area contributed by atoms with Crippen LogP contribution in [0.4, 0.5) is 0 Å². The van der Waals surface area contributed by atoms with Gasteiger partial charge in [-0.15, -0.1) is 0 Å². The van der Waals surface area contributed by atoms with Crippen LogP contribution in [0.2, 0.25) is 0 Å². The molecule has 0 aromatic heterocycles. The number of nitrogens with zero attached hydrogens (tertiary/aromatic N) is 1. The molecule has 1 fully saturated rings. The van der Waals surface area contributed by atoms with Crippen LogP contribution in [0.15, 0.2) is 48.5 Å². The fourth-order valence-corrected chi connectivity index (χ4v) is 3.30. The molecule has 2 aromatic carbocycles. The summed E-state index contributed by atoms with van der Waals surface area (Å²) in [6.07, 6.45) is 1.10. The van der Waals surface area contributed by atoms with Gasteiger partial charge in [0.15, 0.2) is 0 Å². The Morgan fingerprint density at radius 2 is 1.90 bits per heavy atom. The van der Waals surface area contributed by atoms with Crippen molar-refractivity contribution in [2.45, 2.75) is 24.9 Å². The summed E-state index contributed by atoms with van der Waals surface area (Å²) in [4.78, 5) is 14.7. The molecule has 4 rings (SSSR count). The number of methoxy groups -OCH3 is 1. The summed E-state index contributed by atoms with van der Waals surface area (Å²) in [6, 6.07) is 16.4. The van der Waals surface area contributed by atoms with Gasteiger partial charge in [0.05, 0.1) is 7.11 Å². The van der Waals surface area contributed by atoms with Crippen molar-refractivity contribution in [3.8, 4) is 5.75 Å². The van der Waals surface area contributed by atoms with Gasteiger partial charge in [0.25, 0.3) is 5.91 Å². The van der Waals surface area contributed by atoms with Crippen LogP contribution in [0.3, 0.4) is 0 Å². The third-order valence-electron chi connectivity index (χ3n) is 4.52. The SMILES string of the molecule is COc1ccc(CN2C(=O)c3ccccc3[C@H]3C[C@H]32)cc1. The molecule has 0 radical (unpaired) electrons. The molecule has 0 bridgehead atoms. The van der Waals surface area contributed by atoms with Crippen LogP contribution >= 0.6 is 0 Å². The summed E-state index contributed by atoms with van der Waals surface area (Å²) in [5.41, 5.74) is 3.26. The zero-order valence-electron chi connectivity index (χ0n) is 12.0. The van der Waals surface area contributed by atoms with Crippen LogP contribution in [0.1, 0.15) is 33.8 Å². The minimum Gasteiger partial charge on any atom is -0.497 e. The lowest BCUT2D eigenvalue weighted by molar-refractivity contribution is 0.0712. The molecule has 2 aliphatic rings. The summed E-state index contributed by atoms with van der Waals surface area (Å²) in [7, 11) is 1.66. The molecule has 0 saturated heterocycles. The number of fused-ring (bicyclic) bond motifs is 3. The van der Waals surface area contributed by atoms with Crippen molar-refractivity contribution in [3.05, 3.63) is 65.2 Å². The van der Waals surface area contributed by atoms with E-state index in [1.807, 2.05) is 47.4 Å². The molecule has 3 heteroatoms. The van der Waals surface area contributed by atoms with E-state index in [4.69, 9.17) is 4.74 Å².